The maximum Gasteiger partial charge on any atom is 0.306 e. The van der Waals surface area contributed by atoms with Crippen LogP contribution in [-0.2, 0) is 16.0 Å². The van der Waals surface area contributed by atoms with Gasteiger partial charge < -0.3 is 9.47 Å². The Hall–Kier alpha value is -2.99. The second-order valence-corrected chi connectivity index (χ2v) is 18.2. The Kier molecular flexibility index (Phi) is 13.0. The molecule has 0 unspecified atom stereocenters. The van der Waals surface area contributed by atoms with Crippen LogP contribution in [0.15, 0.2) is 60.2 Å². The number of hydrogen-bond acceptors (Lipinski definition) is 3. The van der Waals surface area contributed by atoms with E-state index in [0.717, 1.165) is 78.1 Å². The standard InChI is InChI=1S/C49H68O3/c1-7-8-13-37-15-17-38(18-16-37)19-20-39-21-24-41(25-22-39)51-33-10-14-47(50)52-42-29-31-48(5)40(34-42)23-26-43-45-28-27-44(36(4)12-9-11-35(2)3)49(45,6)32-30-46(43)48/h15-18,21-25,35-36,42-46H,7-14,26-34H2,1-6H3/t36-,42+,43+,44-,45+,46+,48+,49-/m1/s1. The Balaban J connectivity index is 0.928. The van der Waals surface area contributed by atoms with Crippen molar-refractivity contribution >= 4 is 5.97 Å². The molecule has 3 nitrogen and oxygen atoms in total. The molecule has 2 aromatic rings. The predicted octanol–water partition coefficient (Wildman–Crippen LogP) is 12.5. The fourth-order valence-electron chi connectivity index (χ4n) is 11.3. The number of fused-ring (bicyclic) bond motifs is 5. The molecule has 3 heteroatoms. The van der Waals surface area contributed by atoms with Crippen LogP contribution < -0.4 is 4.74 Å². The highest BCUT2D eigenvalue weighted by molar-refractivity contribution is 5.69. The maximum absolute atomic E-state index is 12.9. The lowest BCUT2D eigenvalue weighted by Crippen LogP contribution is -2.51. The van der Waals surface area contributed by atoms with Gasteiger partial charge in [-0.05, 0) is 153 Å². The molecule has 0 bridgehead atoms. The molecule has 0 radical (unpaired) electrons. The number of carbonyl (C=O) groups is 1. The predicted molar refractivity (Wildman–Crippen MR) is 215 cm³/mol. The molecule has 282 valence electrons. The average Bonchev–Trinajstić information content (AvgIpc) is 3.50. The molecule has 6 rings (SSSR count). The van der Waals surface area contributed by atoms with Crippen molar-refractivity contribution in [2.24, 2.45) is 46.3 Å². The Morgan fingerprint density at radius 2 is 1.58 bits per heavy atom. The highest BCUT2D eigenvalue weighted by atomic mass is 16.5. The quantitative estimate of drug-likeness (QED) is 0.0850. The van der Waals surface area contributed by atoms with Crippen molar-refractivity contribution in [3.63, 3.8) is 0 Å². The van der Waals surface area contributed by atoms with Crippen molar-refractivity contribution < 1.29 is 14.3 Å². The number of aryl methyl sites for hydroxylation is 1. The largest absolute Gasteiger partial charge is 0.494 e. The summed E-state index contributed by atoms with van der Waals surface area (Å²) < 4.78 is 12.1. The molecule has 4 aliphatic rings. The van der Waals surface area contributed by atoms with Crippen LogP contribution in [0.5, 0.6) is 5.75 Å². The summed E-state index contributed by atoms with van der Waals surface area (Å²) >= 11 is 0. The molecule has 8 atom stereocenters. The lowest BCUT2D eigenvalue weighted by atomic mass is 9.47. The van der Waals surface area contributed by atoms with Gasteiger partial charge in [0.05, 0.1) is 6.61 Å². The minimum absolute atomic E-state index is 0.0216. The molecule has 0 N–H and O–H groups in total. The van der Waals surface area contributed by atoms with Crippen molar-refractivity contribution in [3.8, 4) is 17.6 Å². The Morgan fingerprint density at radius 3 is 2.29 bits per heavy atom. The van der Waals surface area contributed by atoms with Crippen LogP contribution in [0.4, 0.5) is 0 Å². The van der Waals surface area contributed by atoms with E-state index in [1.54, 1.807) is 5.57 Å². The first-order chi connectivity index (χ1) is 25.1. The molecule has 0 aliphatic heterocycles. The molecule has 0 amide bonds. The zero-order valence-corrected chi connectivity index (χ0v) is 33.5. The van der Waals surface area contributed by atoms with Crippen molar-refractivity contribution in [2.45, 2.75) is 150 Å². The number of unbranched alkanes of at least 4 members (excludes halogenated alkanes) is 1. The number of carbonyl (C=O) groups excluding carboxylic acids is 1. The van der Waals surface area contributed by atoms with E-state index in [4.69, 9.17) is 9.47 Å². The molecule has 0 aromatic heterocycles. The van der Waals surface area contributed by atoms with Gasteiger partial charge in [-0.15, -0.1) is 0 Å². The highest BCUT2D eigenvalue weighted by Crippen LogP contribution is 2.67. The van der Waals surface area contributed by atoms with E-state index in [1.165, 1.54) is 69.8 Å². The average molecular weight is 705 g/mol. The Morgan fingerprint density at radius 1 is 0.846 bits per heavy atom. The van der Waals surface area contributed by atoms with E-state index in [0.29, 0.717) is 24.9 Å². The molecule has 3 saturated carbocycles. The first-order valence-electron chi connectivity index (χ1n) is 21.3. The normalized spacial score (nSPS) is 29.9. The van der Waals surface area contributed by atoms with Crippen LogP contribution in [0, 0.1) is 58.2 Å². The summed E-state index contributed by atoms with van der Waals surface area (Å²) in [6, 6.07) is 16.5. The van der Waals surface area contributed by atoms with Gasteiger partial charge in [-0.3, -0.25) is 4.79 Å². The third-order valence-electron chi connectivity index (χ3n) is 14.3. The fourth-order valence-corrected chi connectivity index (χ4v) is 11.3. The van der Waals surface area contributed by atoms with E-state index in [2.05, 4.69) is 83.7 Å². The first kappa shape index (κ1) is 38.7. The maximum atomic E-state index is 12.9. The van der Waals surface area contributed by atoms with Crippen molar-refractivity contribution in [3.05, 3.63) is 76.9 Å². The van der Waals surface area contributed by atoms with Gasteiger partial charge in [-0.2, -0.15) is 0 Å². The Bertz CT molecular complexity index is 1560. The molecule has 52 heavy (non-hydrogen) atoms. The van der Waals surface area contributed by atoms with Gasteiger partial charge in [-0.1, -0.05) is 103 Å². The summed E-state index contributed by atoms with van der Waals surface area (Å²) in [6.07, 6.45) is 21.4. The van der Waals surface area contributed by atoms with Crippen LogP contribution in [-0.4, -0.2) is 18.7 Å². The van der Waals surface area contributed by atoms with Crippen LogP contribution >= 0.6 is 0 Å². The highest BCUT2D eigenvalue weighted by Gasteiger charge is 2.59. The van der Waals surface area contributed by atoms with Crippen LogP contribution in [0.1, 0.15) is 155 Å². The second kappa shape index (κ2) is 17.4. The fraction of sp³-hybridized carbons (Fsp3) is 0.653. The molecular weight excluding hydrogens is 637 g/mol. The van der Waals surface area contributed by atoms with Gasteiger partial charge in [0.15, 0.2) is 0 Å². The topological polar surface area (TPSA) is 35.5 Å². The number of benzene rings is 2. The first-order valence-corrected chi connectivity index (χ1v) is 21.3. The summed E-state index contributed by atoms with van der Waals surface area (Å²) in [5.74, 6) is 12.3. The van der Waals surface area contributed by atoms with Gasteiger partial charge in [0.2, 0.25) is 0 Å². The minimum Gasteiger partial charge on any atom is -0.494 e. The van der Waals surface area contributed by atoms with E-state index < -0.39 is 0 Å². The zero-order valence-electron chi connectivity index (χ0n) is 33.5. The molecule has 4 aliphatic carbocycles. The van der Waals surface area contributed by atoms with Gasteiger partial charge in [0.1, 0.15) is 11.9 Å². The molecular formula is C49H68O3. The van der Waals surface area contributed by atoms with E-state index >= 15 is 0 Å². The number of esters is 1. The van der Waals surface area contributed by atoms with E-state index in [9.17, 15) is 4.79 Å². The number of hydrogen-bond donors (Lipinski definition) is 0. The summed E-state index contributed by atoms with van der Waals surface area (Å²) in [5.41, 5.74) is 5.77. The second-order valence-electron chi connectivity index (χ2n) is 18.2. The van der Waals surface area contributed by atoms with E-state index in [-0.39, 0.29) is 17.5 Å². The minimum atomic E-state index is -0.0801. The number of allylic oxidation sites excluding steroid dienone is 1. The number of rotatable bonds is 14. The summed E-state index contributed by atoms with van der Waals surface area (Å²) in [6.45, 7) is 15.3. The van der Waals surface area contributed by atoms with E-state index in [1.807, 2.05) is 24.3 Å². The van der Waals surface area contributed by atoms with Crippen LogP contribution in [0.2, 0.25) is 0 Å². The van der Waals surface area contributed by atoms with Gasteiger partial charge >= 0.3 is 5.97 Å². The van der Waals surface area contributed by atoms with Crippen molar-refractivity contribution in [1.82, 2.24) is 0 Å². The smallest absolute Gasteiger partial charge is 0.306 e. The summed E-state index contributed by atoms with van der Waals surface area (Å²) in [5, 5.41) is 0. The SMILES string of the molecule is CCCCc1ccc(C#Cc2ccc(OCCCC(=O)O[C@H]3CC[C@@]4(C)C(=CC[C@H]5[C@@H]6CC[C@H]([C@H](C)CCCC(C)C)[C@@]6(C)CC[C@@H]54)C3)cc2)cc1. The van der Waals surface area contributed by atoms with Gasteiger partial charge in [-0.25, -0.2) is 0 Å². The third-order valence-corrected chi connectivity index (χ3v) is 14.3. The molecule has 0 spiro atoms. The van der Waals surface area contributed by atoms with Crippen LogP contribution in [0.3, 0.4) is 0 Å². The summed E-state index contributed by atoms with van der Waals surface area (Å²) in [7, 11) is 0. The summed E-state index contributed by atoms with van der Waals surface area (Å²) in [4.78, 5) is 12.9. The van der Waals surface area contributed by atoms with Crippen molar-refractivity contribution in [2.75, 3.05) is 6.61 Å². The van der Waals surface area contributed by atoms with Gasteiger partial charge in [0, 0.05) is 24.0 Å². The Labute approximate surface area is 317 Å². The number of ether oxygens (including phenoxy) is 2. The van der Waals surface area contributed by atoms with Crippen molar-refractivity contribution in [1.29, 1.82) is 0 Å². The lowest BCUT2D eigenvalue weighted by molar-refractivity contribution is -0.151. The monoisotopic (exact) mass is 705 g/mol. The molecule has 0 heterocycles. The van der Waals surface area contributed by atoms with Gasteiger partial charge in [0.25, 0.3) is 0 Å². The molecule has 0 saturated heterocycles. The zero-order chi connectivity index (χ0) is 36.7. The molecule has 2 aromatic carbocycles. The van der Waals surface area contributed by atoms with Crippen LogP contribution in [0.25, 0.3) is 0 Å². The third kappa shape index (κ3) is 9.02. The molecule has 3 fully saturated rings. The lowest BCUT2D eigenvalue weighted by Gasteiger charge is -2.58.